The van der Waals surface area contributed by atoms with Gasteiger partial charge in [0.05, 0.1) is 12.8 Å². The smallest absolute Gasteiger partial charge is 0.303 e. The van der Waals surface area contributed by atoms with Crippen molar-refractivity contribution in [3.05, 3.63) is 119 Å². The van der Waals surface area contributed by atoms with Crippen LogP contribution in [-0.4, -0.2) is 35.1 Å². The highest BCUT2D eigenvalue weighted by molar-refractivity contribution is 6.10. The molecule has 45 heavy (non-hydrogen) atoms. The molecule has 1 heterocycles. The molecule has 0 saturated carbocycles. The van der Waals surface area contributed by atoms with Gasteiger partial charge in [0.2, 0.25) is 0 Å². The van der Waals surface area contributed by atoms with E-state index in [1.54, 1.807) is 7.11 Å². The molecule has 3 aromatic carbocycles. The molecule has 0 aliphatic rings. The second-order valence-electron chi connectivity index (χ2n) is 11.9. The molecule has 6 heteroatoms. The lowest BCUT2D eigenvalue weighted by atomic mass is 9.93. The van der Waals surface area contributed by atoms with Gasteiger partial charge in [0.1, 0.15) is 5.75 Å². The third kappa shape index (κ3) is 9.84. The van der Waals surface area contributed by atoms with Gasteiger partial charge in [0.15, 0.2) is 5.78 Å². The third-order valence-electron chi connectivity index (χ3n) is 8.74. The first-order valence-corrected chi connectivity index (χ1v) is 16.3. The van der Waals surface area contributed by atoms with E-state index in [1.807, 2.05) is 42.8 Å². The van der Waals surface area contributed by atoms with Crippen molar-refractivity contribution < 1.29 is 19.4 Å². The standard InChI is InChI=1S/C39H48N2O4/c1-4-36-34(27-33(41(36)2)22-13-23-38(42)43)39(44)32-24-25-37(45-3)35(26-32)40-28-31(20-11-18-29-14-7-5-8-15-29)21-12-19-30-16-9-6-10-17-30/h5-10,14-17,24-27,31,40H,4,11-13,18-23,28H2,1-3H3,(H,42,43). The van der Waals surface area contributed by atoms with Crippen molar-refractivity contribution in [3.63, 3.8) is 0 Å². The molecule has 0 unspecified atom stereocenters. The molecule has 0 bridgehead atoms. The number of nitrogens with one attached hydrogen (secondary N) is 1. The number of nitrogens with zero attached hydrogens (tertiary/aromatic N) is 1. The Balaban J connectivity index is 1.47. The number of anilines is 1. The predicted molar refractivity (Wildman–Crippen MR) is 183 cm³/mol. The second kappa shape index (κ2) is 17.2. The van der Waals surface area contributed by atoms with Crippen LogP contribution >= 0.6 is 0 Å². The molecule has 0 fully saturated rings. The lowest BCUT2D eigenvalue weighted by Gasteiger charge is -2.20. The summed E-state index contributed by atoms with van der Waals surface area (Å²) in [7, 11) is 3.62. The highest BCUT2D eigenvalue weighted by atomic mass is 16.5. The van der Waals surface area contributed by atoms with Gasteiger partial charge in [-0.1, -0.05) is 67.6 Å². The predicted octanol–water partition coefficient (Wildman–Crippen LogP) is 8.31. The molecule has 0 aliphatic heterocycles. The highest BCUT2D eigenvalue weighted by Gasteiger charge is 2.21. The van der Waals surface area contributed by atoms with Crippen molar-refractivity contribution in [2.24, 2.45) is 13.0 Å². The maximum absolute atomic E-state index is 13.8. The molecule has 238 valence electrons. The summed E-state index contributed by atoms with van der Waals surface area (Å²) >= 11 is 0. The molecule has 0 saturated heterocycles. The van der Waals surface area contributed by atoms with Crippen LogP contribution in [0.25, 0.3) is 0 Å². The maximum atomic E-state index is 13.8. The number of aliphatic carboxylic acids is 1. The Bertz CT molecular complexity index is 1470. The van der Waals surface area contributed by atoms with E-state index < -0.39 is 5.97 Å². The minimum Gasteiger partial charge on any atom is -0.495 e. The van der Waals surface area contributed by atoms with Crippen LogP contribution in [0.3, 0.4) is 0 Å². The zero-order valence-electron chi connectivity index (χ0n) is 27.1. The summed E-state index contributed by atoms with van der Waals surface area (Å²) in [6.07, 6.45) is 8.61. The minimum atomic E-state index is -0.802. The van der Waals surface area contributed by atoms with E-state index >= 15 is 0 Å². The van der Waals surface area contributed by atoms with Gasteiger partial charge in [-0.15, -0.1) is 0 Å². The number of methoxy groups -OCH3 is 1. The van der Waals surface area contributed by atoms with Crippen LogP contribution in [0.1, 0.15) is 83.9 Å². The number of carbonyl (C=O) groups excluding carboxylic acids is 1. The summed E-state index contributed by atoms with van der Waals surface area (Å²) in [6, 6.07) is 28.9. The highest BCUT2D eigenvalue weighted by Crippen LogP contribution is 2.29. The van der Waals surface area contributed by atoms with Crippen LogP contribution in [0.4, 0.5) is 5.69 Å². The van der Waals surface area contributed by atoms with Gasteiger partial charge >= 0.3 is 5.97 Å². The fraction of sp³-hybridized carbons (Fsp3) is 0.385. The number of aromatic nitrogens is 1. The number of benzene rings is 3. The minimum absolute atomic E-state index is 0.0279. The topological polar surface area (TPSA) is 80.6 Å². The molecule has 0 atom stereocenters. The summed E-state index contributed by atoms with van der Waals surface area (Å²) in [5.41, 5.74) is 6.82. The number of carboxylic acid groups (broad SMARTS) is 1. The molecule has 4 rings (SSSR count). The van der Waals surface area contributed by atoms with Crippen LogP contribution < -0.4 is 10.1 Å². The Morgan fingerprint density at radius 1 is 0.844 bits per heavy atom. The van der Waals surface area contributed by atoms with E-state index in [0.717, 1.165) is 67.9 Å². The molecule has 0 aliphatic carbocycles. The molecule has 1 aromatic heterocycles. The number of ether oxygens (including phenoxy) is 1. The zero-order valence-corrected chi connectivity index (χ0v) is 27.1. The van der Waals surface area contributed by atoms with E-state index in [0.29, 0.717) is 36.3 Å². The monoisotopic (exact) mass is 608 g/mol. The molecule has 0 radical (unpaired) electrons. The Morgan fingerprint density at radius 2 is 1.47 bits per heavy atom. The number of aryl methyl sites for hydroxylation is 3. The Morgan fingerprint density at radius 3 is 2.02 bits per heavy atom. The average Bonchev–Trinajstić information content (AvgIpc) is 3.38. The second-order valence-corrected chi connectivity index (χ2v) is 11.9. The van der Waals surface area contributed by atoms with E-state index in [-0.39, 0.29) is 12.2 Å². The number of carboxylic acids is 1. The summed E-state index contributed by atoms with van der Waals surface area (Å²) < 4.78 is 7.75. The fourth-order valence-electron chi connectivity index (χ4n) is 6.21. The molecule has 0 amide bonds. The van der Waals surface area contributed by atoms with Crippen LogP contribution in [0.2, 0.25) is 0 Å². The molecular formula is C39H48N2O4. The molecule has 0 spiro atoms. The van der Waals surface area contributed by atoms with Crippen LogP contribution in [-0.2, 0) is 37.5 Å². The molecular weight excluding hydrogens is 560 g/mol. The van der Waals surface area contributed by atoms with Gasteiger partial charge in [0.25, 0.3) is 0 Å². The van der Waals surface area contributed by atoms with Crippen molar-refractivity contribution >= 4 is 17.4 Å². The van der Waals surface area contributed by atoms with Crippen LogP contribution in [0, 0.1) is 5.92 Å². The van der Waals surface area contributed by atoms with Gasteiger partial charge in [-0.25, -0.2) is 0 Å². The fourth-order valence-corrected chi connectivity index (χ4v) is 6.21. The molecule has 2 N–H and O–H groups in total. The number of carbonyl (C=O) groups is 2. The van der Waals surface area contributed by atoms with Crippen molar-refractivity contribution in [2.45, 2.75) is 71.1 Å². The van der Waals surface area contributed by atoms with E-state index in [4.69, 9.17) is 9.84 Å². The van der Waals surface area contributed by atoms with Crippen molar-refractivity contribution in [2.75, 3.05) is 19.0 Å². The Kier molecular flexibility index (Phi) is 12.9. The number of hydrogen-bond donors (Lipinski definition) is 2. The average molecular weight is 609 g/mol. The molecule has 6 nitrogen and oxygen atoms in total. The van der Waals surface area contributed by atoms with E-state index in [1.165, 1.54) is 11.1 Å². The number of rotatable bonds is 19. The van der Waals surface area contributed by atoms with Gasteiger partial charge in [0, 0.05) is 42.5 Å². The van der Waals surface area contributed by atoms with Crippen molar-refractivity contribution in [1.29, 1.82) is 0 Å². The Hall–Kier alpha value is -4.32. The van der Waals surface area contributed by atoms with Gasteiger partial charge in [-0.2, -0.15) is 0 Å². The van der Waals surface area contributed by atoms with Gasteiger partial charge in [-0.3, -0.25) is 9.59 Å². The molecule has 4 aromatic rings. The van der Waals surface area contributed by atoms with Crippen LogP contribution in [0.5, 0.6) is 5.75 Å². The largest absolute Gasteiger partial charge is 0.495 e. The Labute approximate surface area is 268 Å². The van der Waals surface area contributed by atoms with Gasteiger partial charge < -0.3 is 19.7 Å². The van der Waals surface area contributed by atoms with Crippen molar-refractivity contribution in [1.82, 2.24) is 4.57 Å². The number of ketones is 1. The first kappa shape index (κ1) is 33.6. The van der Waals surface area contributed by atoms with Gasteiger partial charge in [-0.05, 0) is 99.1 Å². The zero-order chi connectivity index (χ0) is 32.0. The number of hydrogen-bond acceptors (Lipinski definition) is 4. The summed E-state index contributed by atoms with van der Waals surface area (Å²) in [5.74, 6) is 0.372. The quantitative estimate of drug-likeness (QED) is 0.105. The SMILES string of the molecule is CCc1c(C(=O)c2ccc(OC)c(NCC(CCCc3ccccc3)CCCc3ccccc3)c2)cc(CCCC(=O)O)n1C. The first-order valence-electron chi connectivity index (χ1n) is 16.3. The maximum Gasteiger partial charge on any atom is 0.303 e. The first-order chi connectivity index (χ1) is 21.9. The lowest BCUT2D eigenvalue weighted by Crippen LogP contribution is -2.16. The lowest BCUT2D eigenvalue weighted by molar-refractivity contribution is -0.137. The summed E-state index contributed by atoms with van der Waals surface area (Å²) in [4.78, 5) is 24.9. The third-order valence-corrected chi connectivity index (χ3v) is 8.74. The van der Waals surface area contributed by atoms with Crippen molar-refractivity contribution in [3.8, 4) is 5.75 Å². The van der Waals surface area contributed by atoms with Crippen LogP contribution in [0.15, 0.2) is 84.9 Å². The normalized spacial score (nSPS) is 11.1. The van der Waals surface area contributed by atoms with E-state index in [9.17, 15) is 9.59 Å². The summed E-state index contributed by atoms with van der Waals surface area (Å²) in [5, 5.41) is 12.7. The van der Waals surface area contributed by atoms with E-state index in [2.05, 4.69) is 66.0 Å². The summed E-state index contributed by atoms with van der Waals surface area (Å²) in [6.45, 7) is 2.85.